The zero-order valence-electron chi connectivity index (χ0n) is 37.0. The number of nitrogens with one attached hydrogen (secondary N) is 4. The van der Waals surface area contributed by atoms with E-state index in [1.807, 2.05) is 49.1 Å². The van der Waals surface area contributed by atoms with E-state index in [-0.39, 0.29) is 29.7 Å². The number of imide groups is 1. The highest BCUT2D eigenvalue weighted by Crippen LogP contribution is 2.35. The van der Waals surface area contributed by atoms with Crippen LogP contribution in [0.15, 0.2) is 77.3 Å². The van der Waals surface area contributed by atoms with Crippen LogP contribution in [0.4, 0.5) is 5.69 Å². The molecule has 4 aromatic carbocycles. The number of rotatable bonds is 12. The van der Waals surface area contributed by atoms with Crippen LogP contribution in [0.25, 0.3) is 21.7 Å². The number of benzene rings is 4. The number of amides is 4. The van der Waals surface area contributed by atoms with Gasteiger partial charge >= 0.3 is 0 Å². The lowest BCUT2D eigenvalue weighted by molar-refractivity contribution is -0.134. The van der Waals surface area contributed by atoms with Crippen LogP contribution in [0, 0.1) is 24.7 Å². The van der Waals surface area contributed by atoms with Gasteiger partial charge in [0, 0.05) is 67.1 Å². The van der Waals surface area contributed by atoms with Gasteiger partial charge < -0.3 is 30.3 Å². The van der Waals surface area contributed by atoms with Crippen LogP contribution in [-0.2, 0) is 14.4 Å². The van der Waals surface area contributed by atoms with Crippen molar-refractivity contribution in [2.45, 2.75) is 95.6 Å². The van der Waals surface area contributed by atoms with Crippen LogP contribution in [0.2, 0.25) is 0 Å². The van der Waals surface area contributed by atoms with Gasteiger partial charge in [0.1, 0.15) is 5.69 Å². The molecule has 5 aromatic rings. The Bertz CT molecular complexity index is 2610. The van der Waals surface area contributed by atoms with E-state index < -0.39 is 5.92 Å². The Hall–Kier alpha value is -6.03. The van der Waals surface area contributed by atoms with Crippen LogP contribution in [0.1, 0.15) is 121 Å². The fourth-order valence-corrected chi connectivity index (χ4v) is 9.89. The number of anilines is 1. The van der Waals surface area contributed by atoms with Crippen molar-refractivity contribution in [3.05, 3.63) is 106 Å². The lowest BCUT2D eigenvalue weighted by Crippen LogP contribution is -2.51. The van der Waals surface area contributed by atoms with Gasteiger partial charge in [0.25, 0.3) is 5.91 Å². The van der Waals surface area contributed by atoms with Gasteiger partial charge in [0.15, 0.2) is 5.58 Å². The van der Waals surface area contributed by atoms with Gasteiger partial charge in [-0.05, 0) is 142 Å². The highest BCUT2D eigenvalue weighted by atomic mass is 16.5. The molecule has 4 N–H and O–H groups in total. The van der Waals surface area contributed by atoms with Gasteiger partial charge in [0.05, 0.1) is 18.0 Å². The number of hydrogen-bond donors (Lipinski definition) is 4. The quantitative estimate of drug-likeness (QED) is 0.0575. The second kappa shape index (κ2) is 19.4. The smallest absolute Gasteiger partial charge is 0.252 e. The van der Waals surface area contributed by atoms with Crippen molar-refractivity contribution in [1.82, 2.24) is 30.9 Å². The molecule has 4 saturated heterocycles. The first-order valence-electron chi connectivity index (χ1n) is 23.3. The fourth-order valence-electron chi connectivity index (χ4n) is 9.89. The van der Waals surface area contributed by atoms with Crippen molar-refractivity contribution < 1.29 is 23.7 Å². The minimum atomic E-state index is -0.480. The molecule has 0 bridgehead atoms. The van der Waals surface area contributed by atoms with E-state index in [9.17, 15) is 19.2 Å². The third kappa shape index (κ3) is 9.71. The maximum absolute atomic E-state index is 13.5. The highest BCUT2D eigenvalue weighted by Gasteiger charge is 2.32. The Kier molecular flexibility index (Phi) is 13.1. The number of aromatic nitrogens is 1. The molecule has 0 aliphatic carbocycles. The van der Waals surface area contributed by atoms with E-state index in [1.165, 1.54) is 5.56 Å². The molecule has 1 unspecified atom stereocenters. The first kappa shape index (κ1) is 43.2. The summed E-state index contributed by atoms with van der Waals surface area (Å²) in [5, 5.41) is 19.7. The Morgan fingerprint density at radius 1 is 0.891 bits per heavy atom. The number of carbonyl (C=O) groups is 4. The summed E-state index contributed by atoms with van der Waals surface area (Å²) in [4.78, 5) is 55.3. The van der Waals surface area contributed by atoms with Crippen molar-refractivity contribution in [2.75, 3.05) is 51.1 Å². The summed E-state index contributed by atoms with van der Waals surface area (Å²) in [7, 11) is 0. The molecule has 4 fully saturated rings. The predicted octanol–water partition coefficient (Wildman–Crippen LogP) is 7.32. The summed E-state index contributed by atoms with van der Waals surface area (Å²) in [6, 6.07) is 24.9. The van der Waals surface area contributed by atoms with Crippen molar-refractivity contribution in [3.63, 3.8) is 0 Å². The molecule has 2 atom stereocenters. The summed E-state index contributed by atoms with van der Waals surface area (Å²) in [6.45, 7) is 10.4. The third-order valence-electron chi connectivity index (χ3n) is 13.9. The van der Waals surface area contributed by atoms with Gasteiger partial charge in [-0.15, -0.1) is 0 Å². The summed E-state index contributed by atoms with van der Waals surface area (Å²) in [5.74, 6) is 6.95. The van der Waals surface area contributed by atoms with Gasteiger partial charge in [0.2, 0.25) is 17.7 Å². The normalized spacial score (nSPS) is 19.5. The van der Waals surface area contributed by atoms with Crippen LogP contribution >= 0.6 is 0 Å². The molecular formula is C52H59N7O5. The van der Waals surface area contributed by atoms with E-state index in [0.717, 1.165) is 123 Å². The van der Waals surface area contributed by atoms with E-state index in [0.29, 0.717) is 54.0 Å². The predicted molar refractivity (Wildman–Crippen MR) is 249 cm³/mol. The lowest BCUT2D eigenvalue weighted by atomic mass is 9.88. The zero-order chi connectivity index (χ0) is 44.2. The minimum Gasteiger partial charge on any atom is -0.380 e. The first-order chi connectivity index (χ1) is 31.2. The maximum Gasteiger partial charge on any atom is 0.252 e. The lowest BCUT2D eigenvalue weighted by Gasteiger charge is -2.32. The molecule has 1 aromatic heterocycles. The van der Waals surface area contributed by atoms with E-state index in [2.05, 4.69) is 85.6 Å². The third-order valence-corrected chi connectivity index (χ3v) is 13.9. The highest BCUT2D eigenvalue weighted by molar-refractivity contribution is 6.02. The van der Waals surface area contributed by atoms with Crippen LogP contribution in [-0.4, -0.2) is 90.4 Å². The van der Waals surface area contributed by atoms with Crippen molar-refractivity contribution in [3.8, 4) is 11.8 Å². The summed E-state index contributed by atoms with van der Waals surface area (Å²) < 4.78 is 5.65. The molecule has 4 aliphatic rings. The second-order valence-corrected chi connectivity index (χ2v) is 18.3. The number of aryl methyl sites for hydroxylation is 1. The van der Waals surface area contributed by atoms with E-state index in [4.69, 9.17) is 4.52 Å². The Morgan fingerprint density at radius 3 is 2.45 bits per heavy atom. The fraction of sp³-hybridized carbons (Fsp3) is 0.442. The Morgan fingerprint density at radius 2 is 1.69 bits per heavy atom. The number of carbonyl (C=O) groups excluding carboxylic acids is 4. The topological polar surface area (TPSA) is 149 Å². The van der Waals surface area contributed by atoms with Gasteiger partial charge in [-0.3, -0.25) is 24.5 Å². The molecule has 12 nitrogen and oxygen atoms in total. The Balaban J connectivity index is 0.704. The summed E-state index contributed by atoms with van der Waals surface area (Å²) >= 11 is 0. The number of hydrogen-bond acceptors (Lipinski definition) is 9. The molecule has 64 heavy (non-hydrogen) atoms. The molecule has 332 valence electrons. The number of likely N-dealkylation sites (tertiary alicyclic amines) is 2. The van der Waals surface area contributed by atoms with Crippen LogP contribution in [0.5, 0.6) is 0 Å². The number of piperidine rings is 3. The minimum absolute atomic E-state index is 0.0768. The Labute approximate surface area is 375 Å². The molecule has 0 radical (unpaired) electrons. The zero-order valence-corrected chi connectivity index (χ0v) is 37.0. The van der Waals surface area contributed by atoms with Crippen LogP contribution < -0.4 is 21.3 Å². The summed E-state index contributed by atoms with van der Waals surface area (Å²) in [5.41, 5.74) is 7.11. The van der Waals surface area contributed by atoms with Gasteiger partial charge in [-0.2, -0.15) is 0 Å². The van der Waals surface area contributed by atoms with E-state index >= 15 is 0 Å². The summed E-state index contributed by atoms with van der Waals surface area (Å²) in [6.07, 6.45) is 7.10. The molecule has 0 spiro atoms. The molecule has 12 heteroatoms. The number of nitrogens with zero attached hydrogens (tertiary/aromatic N) is 3. The molecule has 4 amide bonds. The van der Waals surface area contributed by atoms with Crippen molar-refractivity contribution in [1.29, 1.82) is 0 Å². The first-order valence-corrected chi connectivity index (χ1v) is 23.3. The van der Waals surface area contributed by atoms with Gasteiger partial charge in [-0.25, -0.2) is 0 Å². The van der Waals surface area contributed by atoms with Gasteiger partial charge in [-0.1, -0.05) is 59.5 Å². The standard InChI is InChI=1S/C52H59N7O5/c1-33-10-15-39(55-40-31-53-32-40)30-46(33)52(63)54-34(2)41-16-13-37(42-7-3-4-8-43(41)42)12-11-35-20-25-58(26-21-35)24-6-5-9-49(61)59-27-22-36(23-28-59)38-14-17-44-47(29-38)64-57-50(44)45-18-19-48(60)56-51(45)62/h3-4,7-8,10,13-17,29-30,34-36,40,45,53,55H,5-6,9,18-28,31-32H2,1-2H3,(H,54,63)(H,56,60,62)/t34-,45?/m1/s1. The average Bonchev–Trinajstić information content (AvgIpc) is 3.72. The van der Waals surface area contributed by atoms with Crippen molar-refractivity contribution >= 4 is 51.1 Å². The second-order valence-electron chi connectivity index (χ2n) is 18.3. The maximum atomic E-state index is 13.5. The van der Waals surface area contributed by atoms with Crippen LogP contribution in [0.3, 0.4) is 0 Å². The SMILES string of the molecule is Cc1ccc(NC2CNC2)cc1C(=O)N[C@H](C)c1ccc(C#CC2CCN(CCCCC(=O)N3CCC(c4ccc5c(C6CCC(=O)NC6=O)noc5c4)CC3)CC2)c2ccccc12. The average molecular weight is 862 g/mol. The number of unbranched alkanes of at least 4 members (excludes halogenated alkanes) is 1. The monoisotopic (exact) mass is 861 g/mol. The molecule has 0 saturated carbocycles. The molecule has 5 heterocycles. The molecule has 4 aliphatic heterocycles. The molecular weight excluding hydrogens is 803 g/mol. The largest absolute Gasteiger partial charge is 0.380 e. The number of fused-ring (bicyclic) bond motifs is 2. The van der Waals surface area contributed by atoms with Crippen molar-refractivity contribution in [2.24, 2.45) is 5.92 Å². The van der Waals surface area contributed by atoms with E-state index in [1.54, 1.807) is 0 Å². The molecule has 9 rings (SSSR count).